The number of aromatic nitrogens is 2. The van der Waals surface area contributed by atoms with Gasteiger partial charge < -0.3 is 15.4 Å². The quantitative estimate of drug-likeness (QED) is 0.307. The average molecular weight is 414 g/mol. The lowest BCUT2D eigenvalue weighted by Crippen LogP contribution is -2.20. The van der Waals surface area contributed by atoms with Gasteiger partial charge >= 0.3 is 0 Å². The molecule has 1 aromatic heterocycles. The number of H-pyrrole nitrogens is 1. The molecule has 1 aromatic carbocycles. The average Bonchev–Trinajstić information content (AvgIpc) is 3.18. The van der Waals surface area contributed by atoms with Crippen molar-refractivity contribution >= 4 is 41.3 Å². The van der Waals surface area contributed by atoms with E-state index in [0.717, 1.165) is 0 Å². The Kier molecular flexibility index (Phi) is 6.93. The second-order valence-corrected chi connectivity index (χ2v) is 7.06. The van der Waals surface area contributed by atoms with Gasteiger partial charge in [0.25, 0.3) is 5.91 Å². The van der Waals surface area contributed by atoms with Gasteiger partial charge in [-0.2, -0.15) is 5.10 Å². The largest absolute Gasteiger partial charge is 0.361 e. The molecule has 1 aliphatic carbocycles. The third kappa shape index (κ3) is 4.98. The van der Waals surface area contributed by atoms with Crippen molar-refractivity contribution in [2.75, 3.05) is 24.4 Å². The summed E-state index contributed by atoms with van der Waals surface area (Å²) in [5.74, 6) is -0.859. The van der Waals surface area contributed by atoms with Gasteiger partial charge in [-0.25, -0.2) is 0 Å². The van der Waals surface area contributed by atoms with Gasteiger partial charge in [0.2, 0.25) is 18.0 Å². The smallest absolute Gasteiger partial charge is 0.276 e. The molecule has 2 aromatic rings. The summed E-state index contributed by atoms with van der Waals surface area (Å²) < 4.78 is 5.17. The predicted molar refractivity (Wildman–Crippen MR) is 107 cm³/mol. The summed E-state index contributed by atoms with van der Waals surface area (Å²) in [6, 6.07) is 8.75. The fraction of sp³-hybridized carbons (Fsp3) is 0.211. The van der Waals surface area contributed by atoms with Gasteiger partial charge in [0.05, 0.1) is 10.5 Å². The van der Waals surface area contributed by atoms with E-state index in [2.05, 4.69) is 20.8 Å². The monoisotopic (exact) mass is 414 g/mol. The molecule has 0 aliphatic heterocycles. The van der Waals surface area contributed by atoms with Crippen LogP contribution in [0.4, 0.5) is 5.69 Å². The number of ether oxygens (including phenoxy) is 1. The number of aromatic amines is 1. The maximum Gasteiger partial charge on any atom is 0.276 e. The molecule has 3 rings (SSSR count). The summed E-state index contributed by atoms with van der Waals surface area (Å²) in [5, 5.41) is 11.4. The van der Waals surface area contributed by atoms with Crippen LogP contribution < -0.4 is 10.6 Å². The Morgan fingerprint density at radius 2 is 2.03 bits per heavy atom. The number of carbonyl (C=O) groups excluding carboxylic acids is 4. The number of allylic oxidation sites excluding steroid dienone is 2. The number of benzene rings is 1. The Labute approximate surface area is 170 Å². The van der Waals surface area contributed by atoms with Crippen LogP contribution in [-0.4, -0.2) is 53.2 Å². The van der Waals surface area contributed by atoms with E-state index in [1.165, 1.54) is 17.8 Å². The van der Waals surface area contributed by atoms with Crippen LogP contribution in [0, 0.1) is 0 Å². The van der Waals surface area contributed by atoms with E-state index in [4.69, 9.17) is 4.74 Å². The molecule has 0 saturated carbocycles. The summed E-state index contributed by atoms with van der Waals surface area (Å²) >= 11 is 1.21. The zero-order valence-electron chi connectivity index (χ0n) is 15.3. The molecule has 3 N–H and O–H groups in total. The molecule has 0 unspecified atom stereocenters. The van der Waals surface area contributed by atoms with Gasteiger partial charge in [-0.05, 0) is 18.6 Å². The normalized spacial score (nSPS) is 12.9. The highest BCUT2D eigenvalue weighted by molar-refractivity contribution is 8.04. The first-order chi connectivity index (χ1) is 14.1. The van der Waals surface area contributed by atoms with Crippen LogP contribution in [0.25, 0.3) is 0 Å². The molecule has 29 heavy (non-hydrogen) atoms. The highest BCUT2D eigenvalue weighted by Crippen LogP contribution is 2.30. The number of anilines is 1. The molecule has 0 spiro atoms. The minimum Gasteiger partial charge on any atom is -0.361 e. The second kappa shape index (κ2) is 9.80. The number of ketones is 2. The molecular formula is C19H18N4O5S. The number of fused-ring (bicyclic) bond motifs is 1. The number of nitrogens with zero attached hydrogens (tertiary/aromatic N) is 1. The number of para-hydroxylation sites is 1. The van der Waals surface area contributed by atoms with Crippen LogP contribution in [0.3, 0.4) is 0 Å². The minimum atomic E-state index is -0.572. The predicted octanol–water partition coefficient (Wildman–Crippen LogP) is 1.77. The van der Waals surface area contributed by atoms with Crippen molar-refractivity contribution in [3.05, 3.63) is 58.3 Å². The first-order valence-electron chi connectivity index (χ1n) is 8.75. The summed E-state index contributed by atoms with van der Waals surface area (Å²) in [6.45, 7) is 0.511. The molecule has 2 amide bonds. The number of carbonyl (C=O) groups is 4. The van der Waals surface area contributed by atoms with E-state index in [1.807, 2.05) is 6.07 Å². The van der Waals surface area contributed by atoms with Crippen molar-refractivity contribution in [3.8, 4) is 0 Å². The number of nitrogens with one attached hydrogen (secondary N) is 3. The lowest BCUT2D eigenvalue weighted by atomic mass is 9.99. The van der Waals surface area contributed by atoms with Gasteiger partial charge in [-0.15, -0.1) is 11.8 Å². The standard InChI is InChI=1S/C19H18N4O5S/c24-10-20-11-28-7-4-8-29-14-9-13(25)16-15(18(14)26)17(23-22-16)19(27)21-12-5-2-1-3-6-12/h1-3,5-6,9-10H,4,7-8,11H2,(H,20,24)(H,21,27)(H,22,23). The zero-order valence-corrected chi connectivity index (χ0v) is 16.1. The molecule has 0 fully saturated rings. The van der Waals surface area contributed by atoms with E-state index in [1.54, 1.807) is 24.3 Å². The van der Waals surface area contributed by atoms with Gasteiger partial charge in [0.15, 0.2) is 5.69 Å². The molecule has 1 aliphatic rings. The van der Waals surface area contributed by atoms with E-state index in [0.29, 0.717) is 30.9 Å². The Bertz CT molecular complexity index is 955. The molecular weight excluding hydrogens is 396 g/mol. The third-order valence-corrected chi connectivity index (χ3v) is 5.04. The SMILES string of the molecule is O=CNCOCCCSC1=CC(=O)c2[nH]nc(C(=O)Nc3ccccc3)c2C1=O. The van der Waals surface area contributed by atoms with Crippen molar-refractivity contribution in [1.29, 1.82) is 0 Å². The number of Topliss-reactive ketones (excluding diaryl/α,β-unsaturated/α-hetero) is 1. The van der Waals surface area contributed by atoms with Crippen molar-refractivity contribution in [2.24, 2.45) is 0 Å². The molecule has 0 bridgehead atoms. The molecule has 9 nitrogen and oxygen atoms in total. The fourth-order valence-electron chi connectivity index (χ4n) is 2.61. The molecule has 10 heteroatoms. The Balaban J connectivity index is 1.65. The minimum absolute atomic E-state index is 0.0140. The van der Waals surface area contributed by atoms with Crippen LogP contribution >= 0.6 is 11.8 Å². The molecule has 150 valence electrons. The summed E-state index contributed by atoms with van der Waals surface area (Å²) in [4.78, 5) is 48.1. The Hall–Kier alpha value is -3.24. The molecule has 0 atom stereocenters. The van der Waals surface area contributed by atoms with Gasteiger partial charge in [-0.1, -0.05) is 18.2 Å². The van der Waals surface area contributed by atoms with E-state index in [9.17, 15) is 19.2 Å². The lowest BCUT2D eigenvalue weighted by molar-refractivity contribution is -0.111. The Morgan fingerprint density at radius 3 is 2.79 bits per heavy atom. The van der Waals surface area contributed by atoms with Crippen LogP contribution in [0.1, 0.15) is 37.8 Å². The van der Waals surface area contributed by atoms with Gasteiger partial charge in [0.1, 0.15) is 12.4 Å². The highest BCUT2D eigenvalue weighted by Gasteiger charge is 2.33. The third-order valence-electron chi connectivity index (χ3n) is 3.93. The number of rotatable bonds is 10. The number of amides is 2. The van der Waals surface area contributed by atoms with Gasteiger partial charge in [0, 0.05) is 24.1 Å². The highest BCUT2D eigenvalue weighted by atomic mass is 32.2. The molecule has 0 saturated heterocycles. The summed E-state index contributed by atoms with van der Waals surface area (Å²) in [5.41, 5.74) is 0.440. The number of hydrogen-bond donors (Lipinski definition) is 3. The summed E-state index contributed by atoms with van der Waals surface area (Å²) in [7, 11) is 0. The fourth-order valence-corrected chi connectivity index (χ4v) is 3.52. The van der Waals surface area contributed by atoms with Crippen molar-refractivity contribution in [3.63, 3.8) is 0 Å². The van der Waals surface area contributed by atoms with Gasteiger partial charge in [-0.3, -0.25) is 24.3 Å². The van der Waals surface area contributed by atoms with Crippen LogP contribution in [0.15, 0.2) is 41.3 Å². The molecule has 1 heterocycles. The number of hydrogen-bond acceptors (Lipinski definition) is 7. The van der Waals surface area contributed by atoms with Crippen molar-refractivity contribution in [1.82, 2.24) is 15.5 Å². The second-order valence-electron chi connectivity index (χ2n) is 5.92. The van der Waals surface area contributed by atoms with Crippen molar-refractivity contribution < 1.29 is 23.9 Å². The zero-order chi connectivity index (χ0) is 20.6. The first kappa shape index (κ1) is 20.5. The summed E-state index contributed by atoms with van der Waals surface area (Å²) in [6.07, 6.45) is 2.41. The van der Waals surface area contributed by atoms with E-state index in [-0.39, 0.29) is 28.6 Å². The van der Waals surface area contributed by atoms with E-state index < -0.39 is 17.5 Å². The Morgan fingerprint density at radius 1 is 1.24 bits per heavy atom. The topological polar surface area (TPSA) is 130 Å². The maximum absolute atomic E-state index is 12.8. The van der Waals surface area contributed by atoms with Crippen LogP contribution in [-0.2, 0) is 9.53 Å². The van der Waals surface area contributed by atoms with E-state index >= 15 is 0 Å². The lowest BCUT2D eigenvalue weighted by Gasteiger charge is -2.12. The maximum atomic E-state index is 12.8. The van der Waals surface area contributed by atoms with Crippen LogP contribution in [0.2, 0.25) is 0 Å². The number of thioether (sulfide) groups is 1. The van der Waals surface area contributed by atoms with Crippen LogP contribution in [0.5, 0.6) is 0 Å². The van der Waals surface area contributed by atoms with Crippen molar-refractivity contribution in [2.45, 2.75) is 6.42 Å². The first-order valence-corrected chi connectivity index (χ1v) is 9.73. The molecule has 0 radical (unpaired) electrons.